The van der Waals surface area contributed by atoms with Crippen LogP contribution in [0.5, 0.6) is 0 Å². The fraction of sp³-hybridized carbons (Fsp3) is 0.444. The number of H-pyrrole nitrogens is 1. The van der Waals surface area contributed by atoms with Crippen molar-refractivity contribution in [1.82, 2.24) is 20.4 Å². The first-order valence-electron chi connectivity index (χ1n) is 8.88. The van der Waals surface area contributed by atoms with Gasteiger partial charge in [0.25, 0.3) is 0 Å². The molecular weight excluding hydrogens is 374 g/mol. The molecule has 1 fully saturated rings. The third-order valence-corrected chi connectivity index (χ3v) is 4.67. The van der Waals surface area contributed by atoms with Gasteiger partial charge >= 0.3 is 5.76 Å². The average Bonchev–Trinajstić information content (AvgIpc) is 3.07. The number of hydrogen-bond donors (Lipinski definition) is 2. The number of rotatable bonds is 5. The fourth-order valence-corrected chi connectivity index (χ4v) is 3.39. The Morgan fingerprint density at radius 3 is 2.86 bits per heavy atom. The molecule has 150 valence electrons. The van der Waals surface area contributed by atoms with Crippen molar-refractivity contribution in [2.75, 3.05) is 13.1 Å². The van der Waals surface area contributed by atoms with E-state index in [4.69, 9.17) is 4.42 Å². The number of aromatic amines is 1. The van der Waals surface area contributed by atoms with Gasteiger partial charge in [-0.3, -0.25) is 9.59 Å². The second kappa shape index (κ2) is 8.32. The Balaban J connectivity index is 1.73. The van der Waals surface area contributed by atoms with E-state index in [9.17, 15) is 23.2 Å². The van der Waals surface area contributed by atoms with Crippen molar-refractivity contribution in [1.29, 1.82) is 0 Å². The second-order valence-corrected chi connectivity index (χ2v) is 6.75. The molecule has 3 rings (SSSR count). The lowest BCUT2D eigenvalue weighted by Crippen LogP contribution is -2.41. The van der Waals surface area contributed by atoms with Gasteiger partial charge in [-0.1, -0.05) is 6.07 Å². The number of carbonyl (C=O) groups is 2. The molecule has 10 heteroatoms. The number of nitrogens with one attached hydrogen (secondary N) is 2. The summed E-state index contributed by atoms with van der Waals surface area (Å²) in [5.74, 6) is -2.95. The van der Waals surface area contributed by atoms with Crippen LogP contribution in [-0.2, 0) is 9.59 Å². The molecule has 1 saturated heterocycles. The quantitative estimate of drug-likeness (QED) is 0.801. The number of likely N-dealkylation sites (tertiary alicyclic amines) is 1. The zero-order valence-corrected chi connectivity index (χ0v) is 15.2. The van der Waals surface area contributed by atoms with Crippen LogP contribution >= 0.6 is 0 Å². The SMILES string of the molecule is CC(=O)N[C@@H](CC(=O)N1CCC[C@H](c2n[nH]c(=O)o2)C1)c1ccc(F)cc1F. The van der Waals surface area contributed by atoms with Crippen molar-refractivity contribution in [3.8, 4) is 0 Å². The highest BCUT2D eigenvalue weighted by Gasteiger charge is 2.30. The van der Waals surface area contributed by atoms with Crippen LogP contribution in [0.3, 0.4) is 0 Å². The molecule has 2 aromatic rings. The minimum absolute atomic E-state index is 0.0387. The first-order chi connectivity index (χ1) is 13.3. The highest BCUT2D eigenvalue weighted by molar-refractivity contribution is 5.79. The largest absolute Gasteiger partial charge is 0.434 e. The van der Waals surface area contributed by atoms with Crippen molar-refractivity contribution >= 4 is 11.8 Å². The Morgan fingerprint density at radius 1 is 1.43 bits per heavy atom. The van der Waals surface area contributed by atoms with Crippen LogP contribution in [0.1, 0.15) is 49.6 Å². The minimum atomic E-state index is -0.922. The molecule has 2 amide bonds. The molecule has 28 heavy (non-hydrogen) atoms. The highest BCUT2D eigenvalue weighted by atomic mass is 19.1. The van der Waals surface area contributed by atoms with Gasteiger partial charge in [0.15, 0.2) is 0 Å². The van der Waals surface area contributed by atoms with Gasteiger partial charge in [0, 0.05) is 31.6 Å². The molecular formula is C18H20F2N4O4. The van der Waals surface area contributed by atoms with Gasteiger partial charge in [-0.25, -0.2) is 18.7 Å². The number of piperidine rings is 1. The summed E-state index contributed by atoms with van der Waals surface area (Å²) in [4.78, 5) is 37.0. The summed E-state index contributed by atoms with van der Waals surface area (Å²) >= 11 is 0. The molecule has 2 heterocycles. The van der Waals surface area contributed by atoms with Crippen molar-refractivity contribution in [2.24, 2.45) is 0 Å². The molecule has 0 spiro atoms. The lowest BCUT2D eigenvalue weighted by atomic mass is 9.96. The molecule has 1 aromatic heterocycles. The van der Waals surface area contributed by atoms with E-state index in [0.717, 1.165) is 6.07 Å². The van der Waals surface area contributed by atoms with Crippen molar-refractivity contribution < 1.29 is 22.8 Å². The minimum Gasteiger partial charge on any atom is -0.392 e. The van der Waals surface area contributed by atoms with Crippen LogP contribution in [-0.4, -0.2) is 40.0 Å². The van der Waals surface area contributed by atoms with E-state index in [0.29, 0.717) is 32.0 Å². The first kappa shape index (κ1) is 19.7. The number of hydrogen-bond acceptors (Lipinski definition) is 5. The molecule has 0 saturated carbocycles. The van der Waals surface area contributed by atoms with E-state index in [1.165, 1.54) is 13.0 Å². The number of amides is 2. The third kappa shape index (κ3) is 4.62. The van der Waals surface area contributed by atoms with E-state index >= 15 is 0 Å². The molecule has 1 aliphatic rings. The van der Waals surface area contributed by atoms with Crippen molar-refractivity contribution in [2.45, 2.75) is 38.1 Å². The standard InChI is InChI=1S/C18H20F2N4O4/c1-10(25)21-15(13-5-4-12(19)7-14(13)20)8-16(26)24-6-2-3-11(9-24)17-22-23-18(27)28-17/h4-5,7,11,15H,2-3,6,8-9H2,1H3,(H,21,25)(H,23,27)/t11-,15-/m0/s1. The summed E-state index contributed by atoms with van der Waals surface area (Å²) in [5, 5.41) is 8.56. The molecule has 1 aliphatic heterocycles. The first-order valence-corrected chi connectivity index (χ1v) is 8.88. The van der Waals surface area contributed by atoms with Gasteiger partial charge < -0.3 is 14.6 Å². The molecule has 1 aromatic carbocycles. The van der Waals surface area contributed by atoms with E-state index in [-0.39, 0.29) is 29.7 Å². The van der Waals surface area contributed by atoms with Gasteiger partial charge in [0.2, 0.25) is 17.7 Å². The smallest absolute Gasteiger partial charge is 0.392 e. The molecule has 2 N–H and O–H groups in total. The Labute approximate surface area is 158 Å². The predicted octanol–water partition coefficient (Wildman–Crippen LogP) is 1.61. The van der Waals surface area contributed by atoms with Crippen molar-refractivity contribution in [3.63, 3.8) is 0 Å². The summed E-state index contributed by atoms with van der Waals surface area (Å²) in [5.41, 5.74) is 0.0387. The zero-order valence-electron chi connectivity index (χ0n) is 15.2. The van der Waals surface area contributed by atoms with E-state index in [1.807, 2.05) is 0 Å². The number of halogens is 2. The van der Waals surface area contributed by atoms with Crippen LogP contribution in [0.2, 0.25) is 0 Å². The number of carbonyl (C=O) groups excluding carboxylic acids is 2. The summed E-state index contributed by atoms with van der Waals surface area (Å²) in [7, 11) is 0. The lowest BCUT2D eigenvalue weighted by molar-refractivity contribution is -0.133. The van der Waals surface area contributed by atoms with Gasteiger partial charge in [-0.2, -0.15) is 0 Å². The lowest BCUT2D eigenvalue weighted by Gasteiger charge is -2.32. The Bertz CT molecular complexity index is 926. The maximum absolute atomic E-state index is 14.2. The zero-order chi connectivity index (χ0) is 20.3. The normalized spacial score (nSPS) is 18.0. The van der Waals surface area contributed by atoms with E-state index in [1.54, 1.807) is 4.90 Å². The molecule has 0 unspecified atom stereocenters. The third-order valence-electron chi connectivity index (χ3n) is 4.67. The Kier molecular flexibility index (Phi) is 5.86. The van der Waals surface area contributed by atoms with Crippen LogP contribution in [0.15, 0.2) is 27.4 Å². The van der Waals surface area contributed by atoms with Gasteiger partial charge in [0.05, 0.1) is 18.4 Å². The topological polar surface area (TPSA) is 108 Å². The van der Waals surface area contributed by atoms with E-state index in [2.05, 4.69) is 15.5 Å². The van der Waals surface area contributed by atoms with Crippen LogP contribution in [0.4, 0.5) is 8.78 Å². The number of nitrogens with zero attached hydrogens (tertiary/aromatic N) is 2. The Morgan fingerprint density at radius 2 is 2.21 bits per heavy atom. The summed E-state index contributed by atoms with van der Waals surface area (Å²) in [6, 6.07) is 2.09. The Hall–Kier alpha value is -3.04. The monoisotopic (exact) mass is 394 g/mol. The predicted molar refractivity (Wildman–Crippen MR) is 93.2 cm³/mol. The van der Waals surface area contributed by atoms with Crippen LogP contribution in [0.25, 0.3) is 0 Å². The highest BCUT2D eigenvalue weighted by Crippen LogP contribution is 2.27. The summed E-state index contributed by atoms with van der Waals surface area (Å²) < 4.78 is 32.3. The maximum Gasteiger partial charge on any atom is 0.434 e. The number of benzene rings is 1. The fourth-order valence-electron chi connectivity index (χ4n) is 3.39. The van der Waals surface area contributed by atoms with E-state index < -0.39 is 29.3 Å². The van der Waals surface area contributed by atoms with Gasteiger partial charge in [-0.05, 0) is 18.9 Å². The van der Waals surface area contributed by atoms with Gasteiger partial charge in [-0.15, -0.1) is 5.10 Å². The summed E-state index contributed by atoms with van der Waals surface area (Å²) in [6.45, 7) is 2.05. The van der Waals surface area contributed by atoms with Crippen LogP contribution < -0.4 is 11.1 Å². The molecule has 2 atom stereocenters. The maximum atomic E-state index is 14.2. The molecule has 0 bridgehead atoms. The average molecular weight is 394 g/mol. The molecule has 0 aliphatic carbocycles. The summed E-state index contributed by atoms with van der Waals surface area (Å²) in [6.07, 6.45) is 1.21. The van der Waals surface area contributed by atoms with Gasteiger partial charge in [0.1, 0.15) is 11.6 Å². The van der Waals surface area contributed by atoms with Crippen molar-refractivity contribution in [3.05, 3.63) is 51.8 Å². The number of aromatic nitrogens is 2. The molecule has 0 radical (unpaired) electrons. The second-order valence-electron chi connectivity index (χ2n) is 6.75. The molecule has 8 nitrogen and oxygen atoms in total. The van der Waals surface area contributed by atoms with Crippen LogP contribution in [0, 0.1) is 11.6 Å².